The summed E-state index contributed by atoms with van der Waals surface area (Å²) < 4.78 is 0. The first-order valence-corrected chi connectivity index (χ1v) is 6.60. The zero-order valence-corrected chi connectivity index (χ0v) is 11.6. The number of rotatable bonds is 3. The van der Waals surface area contributed by atoms with Crippen LogP contribution in [0.15, 0.2) is 30.3 Å². The summed E-state index contributed by atoms with van der Waals surface area (Å²) in [5, 5.41) is 11.4. The molecule has 3 amide bonds. The van der Waals surface area contributed by atoms with E-state index in [-0.39, 0.29) is 13.0 Å². The van der Waals surface area contributed by atoms with Crippen LogP contribution in [0.5, 0.6) is 0 Å². The monoisotopic (exact) mass is 285 g/mol. The average Bonchev–Trinajstić information content (AvgIpc) is 2.49. The largest absolute Gasteiger partial charge is 0.320 e. The van der Waals surface area contributed by atoms with Crippen LogP contribution in [-0.2, 0) is 20.8 Å². The molecule has 1 fully saturated rings. The van der Waals surface area contributed by atoms with E-state index in [4.69, 9.17) is 0 Å². The van der Waals surface area contributed by atoms with Gasteiger partial charge in [-0.25, -0.2) is 0 Å². The van der Waals surface area contributed by atoms with Gasteiger partial charge in [-0.1, -0.05) is 30.3 Å². The summed E-state index contributed by atoms with van der Waals surface area (Å²) in [6.45, 7) is 1.34. The molecule has 108 valence electrons. The van der Waals surface area contributed by atoms with Crippen LogP contribution in [0.1, 0.15) is 12.5 Å². The second-order valence-electron chi connectivity index (χ2n) is 4.93. The Bertz CT molecular complexity index is 606. The number of hydrogen-bond acceptors (Lipinski definition) is 4. The number of carbonyl (C=O) groups excluding carboxylic acids is 3. The second-order valence-corrected chi connectivity index (χ2v) is 4.93. The Labute approximate surface area is 122 Å². The Morgan fingerprint density at radius 2 is 2.10 bits per heavy atom. The molecular formula is C15H15N3O3. The molecule has 1 aromatic rings. The van der Waals surface area contributed by atoms with Gasteiger partial charge in [0.1, 0.15) is 18.5 Å². The lowest BCUT2D eigenvalue weighted by molar-refractivity contribution is -0.150. The summed E-state index contributed by atoms with van der Waals surface area (Å²) in [7, 11) is 0. The highest BCUT2D eigenvalue weighted by atomic mass is 16.2. The number of benzene rings is 1. The van der Waals surface area contributed by atoms with E-state index in [9.17, 15) is 19.6 Å². The average molecular weight is 285 g/mol. The van der Waals surface area contributed by atoms with E-state index in [0.717, 1.165) is 10.5 Å². The summed E-state index contributed by atoms with van der Waals surface area (Å²) in [6.07, 6.45) is 0.259. The standard InChI is InChI=1S/C15H15N3O3/c1-10-14(20)17-13(19)9-18(10)15(21)12(8-16)7-11-5-3-2-4-6-11/h2-6,10,12H,7,9H2,1H3,(H,17,19,20). The Balaban J connectivity index is 2.14. The highest BCUT2D eigenvalue weighted by Gasteiger charge is 2.36. The van der Waals surface area contributed by atoms with Crippen LogP contribution in [-0.4, -0.2) is 35.2 Å². The molecule has 21 heavy (non-hydrogen) atoms. The fourth-order valence-corrected chi connectivity index (χ4v) is 2.22. The number of amides is 3. The Hall–Kier alpha value is -2.68. The molecule has 2 atom stereocenters. The normalized spacial score (nSPS) is 19.6. The van der Waals surface area contributed by atoms with Gasteiger partial charge < -0.3 is 4.90 Å². The van der Waals surface area contributed by atoms with Crippen molar-refractivity contribution in [3.05, 3.63) is 35.9 Å². The maximum absolute atomic E-state index is 12.4. The molecule has 0 bridgehead atoms. The van der Waals surface area contributed by atoms with Gasteiger partial charge in [0.2, 0.25) is 17.7 Å². The van der Waals surface area contributed by atoms with Crippen molar-refractivity contribution in [2.24, 2.45) is 5.92 Å². The minimum Gasteiger partial charge on any atom is -0.320 e. The lowest BCUT2D eigenvalue weighted by Gasteiger charge is -2.32. The van der Waals surface area contributed by atoms with E-state index in [0.29, 0.717) is 0 Å². The van der Waals surface area contributed by atoms with Gasteiger partial charge in [-0.05, 0) is 18.9 Å². The summed E-state index contributed by atoms with van der Waals surface area (Å²) >= 11 is 0. The maximum Gasteiger partial charge on any atom is 0.249 e. The minimum absolute atomic E-state index is 0.196. The number of nitrogens with one attached hydrogen (secondary N) is 1. The third-order valence-corrected chi connectivity index (χ3v) is 3.44. The van der Waals surface area contributed by atoms with E-state index in [1.165, 1.54) is 6.92 Å². The van der Waals surface area contributed by atoms with Crippen molar-refractivity contribution in [3.8, 4) is 6.07 Å². The van der Waals surface area contributed by atoms with Gasteiger partial charge in [0.15, 0.2) is 0 Å². The zero-order chi connectivity index (χ0) is 15.4. The van der Waals surface area contributed by atoms with Gasteiger partial charge in [-0.3, -0.25) is 19.7 Å². The fraction of sp³-hybridized carbons (Fsp3) is 0.333. The number of carbonyl (C=O) groups is 3. The topological polar surface area (TPSA) is 90.3 Å². The second kappa shape index (κ2) is 6.18. The summed E-state index contributed by atoms with van der Waals surface area (Å²) in [6, 6.07) is 10.4. The molecule has 1 saturated heterocycles. The van der Waals surface area contributed by atoms with Crippen molar-refractivity contribution in [1.29, 1.82) is 5.26 Å². The fourth-order valence-electron chi connectivity index (χ4n) is 2.22. The van der Waals surface area contributed by atoms with Crippen LogP contribution in [0.4, 0.5) is 0 Å². The van der Waals surface area contributed by atoms with Gasteiger partial charge in [-0.15, -0.1) is 0 Å². The molecule has 1 aliphatic heterocycles. The van der Waals surface area contributed by atoms with E-state index < -0.39 is 29.7 Å². The van der Waals surface area contributed by atoms with Crippen LogP contribution in [0, 0.1) is 17.2 Å². The molecular weight excluding hydrogens is 270 g/mol. The molecule has 2 unspecified atom stereocenters. The SMILES string of the molecule is CC1C(=O)NC(=O)CN1C(=O)C(C#N)Cc1ccccc1. The van der Waals surface area contributed by atoms with Gasteiger partial charge in [-0.2, -0.15) is 5.26 Å². The predicted molar refractivity (Wildman–Crippen MR) is 73.6 cm³/mol. The third kappa shape index (κ3) is 3.26. The molecule has 2 rings (SSSR count). The summed E-state index contributed by atoms with van der Waals surface area (Å²) in [5.74, 6) is -2.44. The van der Waals surface area contributed by atoms with Crippen LogP contribution in [0.3, 0.4) is 0 Å². The van der Waals surface area contributed by atoms with E-state index in [1.54, 1.807) is 0 Å². The lowest BCUT2D eigenvalue weighted by atomic mass is 9.98. The Morgan fingerprint density at radius 1 is 1.43 bits per heavy atom. The molecule has 1 aromatic carbocycles. The first-order valence-electron chi connectivity index (χ1n) is 6.60. The Kier molecular flexibility index (Phi) is 4.33. The molecule has 0 spiro atoms. The van der Waals surface area contributed by atoms with Crippen molar-refractivity contribution in [2.75, 3.05) is 6.54 Å². The molecule has 0 aromatic heterocycles. The molecule has 6 heteroatoms. The van der Waals surface area contributed by atoms with Gasteiger partial charge >= 0.3 is 0 Å². The van der Waals surface area contributed by atoms with Crippen LogP contribution in [0.25, 0.3) is 0 Å². The Morgan fingerprint density at radius 3 is 2.71 bits per heavy atom. The molecule has 1 heterocycles. The number of hydrogen-bond donors (Lipinski definition) is 1. The number of nitrogens with zero attached hydrogens (tertiary/aromatic N) is 2. The number of imide groups is 1. The summed E-state index contributed by atoms with van der Waals surface area (Å²) in [5.41, 5.74) is 0.859. The quantitative estimate of drug-likeness (QED) is 0.806. The minimum atomic E-state index is -0.909. The number of nitriles is 1. The van der Waals surface area contributed by atoms with Crippen molar-refractivity contribution in [3.63, 3.8) is 0 Å². The van der Waals surface area contributed by atoms with Gasteiger partial charge in [0, 0.05) is 0 Å². The van der Waals surface area contributed by atoms with Gasteiger partial charge in [0.25, 0.3) is 0 Å². The van der Waals surface area contributed by atoms with Crippen LogP contribution >= 0.6 is 0 Å². The molecule has 0 aliphatic carbocycles. The van der Waals surface area contributed by atoms with E-state index in [1.807, 2.05) is 36.4 Å². The molecule has 1 aliphatic rings. The third-order valence-electron chi connectivity index (χ3n) is 3.44. The first kappa shape index (κ1) is 14.7. The van der Waals surface area contributed by atoms with Gasteiger partial charge in [0.05, 0.1) is 6.07 Å². The van der Waals surface area contributed by atoms with E-state index in [2.05, 4.69) is 5.32 Å². The van der Waals surface area contributed by atoms with Crippen molar-refractivity contribution in [1.82, 2.24) is 10.2 Å². The van der Waals surface area contributed by atoms with Crippen LogP contribution in [0.2, 0.25) is 0 Å². The molecule has 1 N–H and O–H groups in total. The van der Waals surface area contributed by atoms with Crippen molar-refractivity contribution >= 4 is 17.7 Å². The molecule has 0 saturated carbocycles. The lowest BCUT2D eigenvalue weighted by Crippen LogP contribution is -2.59. The molecule has 6 nitrogen and oxygen atoms in total. The zero-order valence-electron chi connectivity index (χ0n) is 11.6. The van der Waals surface area contributed by atoms with Crippen molar-refractivity contribution in [2.45, 2.75) is 19.4 Å². The number of piperazine rings is 1. The summed E-state index contributed by atoms with van der Waals surface area (Å²) in [4.78, 5) is 36.5. The highest BCUT2D eigenvalue weighted by Crippen LogP contribution is 2.15. The highest BCUT2D eigenvalue weighted by molar-refractivity contribution is 6.04. The smallest absolute Gasteiger partial charge is 0.249 e. The maximum atomic E-state index is 12.4. The predicted octanol–water partition coefficient (Wildman–Crippen LogP) is 0.242. The van der Waals surface area contributed by atoms with E-state index >= 15 is 0 Å². The van der Waals surface area contributed by atoms with Crippen molar-refractivity contribution < 1.29 is 14.4 Å². The first-order chi connectivity index (χ1) is 10.0. The molecule has 0 radical (unpaired) electrons. The van der Waals surface area contributed by atoms with Crippen LogP contribution < -0.4 is 5.32 Å².